The first-order chi connectivity index (χ1) is 9.19. The summed E-state index contributed by atoms with van der Waals surface area (Å²) in [4.78, 5) is 2.23. The molecule has 106 valence electrons. The lowest BCUT2D eigenvalue weighted by molar-refractivity contribution is 0.315. The molecule has 1 aromatic rings. The smallest absolute Gasteiger partial charge is 0.147 e. The zero-order valence-electron chi connectivity index (χ0n) is 11.7. The summed E-state index contributed by atoms with van der Waals surface area (Å²) in [7, 11) is 2.08. The Hall–Kier alpha value is -1.59. The molecule has 1 unspecified atom stereocenters. The molecular weight excluding hydrogens is 240 g/mol. The van der Waals surface area contributed by atoms with Gasteiger partial charge in [-0.05, 0) is 19.2 Å². The Balaban J connectivity index is 2.53. The van der Waals surface area contributed by atoms with E-state index >= 15 is 0 Å². The van der Waals surface area contributed by atoms with Gasteiger partial charge in [0.2, 0.25) is 0 Å². The fraction of sp³-hybridized carbons (Fsp3) is 0.500. The van der Waals surface area contributed by atoms with Gasteiger partial charge in [0.15, 0.2) is 0 Å². The number of rotatable bonds is 8. The molecule has 0 aliphatic rings. The Morgan fingerprint density at radius 2 is 2.11 bits per heavy atom. The number of hydrogen-bond donors (Lipinski definition) is 3. The Morgan fingerprint density at radius 1 is 1.42 bits per heavy atom. The van der Waals surface area contributed by atoms with Gasteiger partial charge in [-0.3, -0.25) is 0 Å². The summed E-state index contributed by atoms with van der Waals surface area (Å²) in [5.41, 5.74) is 6.82. The van der Waals surface area contributed by atoms with Gasteiger partial charge in [0.25, 0.3) is 0 Å². The molecule has 1 aromatic carbocycles. The molecule has 5 nitrogen and oxygen atoms in total. The van der Waals surface area contributed by atoms with Crippen molar-refractivity contribution in [2.45, 2.75) is 12.8 Å². The van der Waals surface area contributed by atoms with Crippen molar-refractivity contribution in [1.29, 1.82) is 0 Å². The van der Waals surface area contributed by atoms with Gasteiger partial charge in [-0.15, -0.1) is 0 Å². The summed E-state index contributed by atoms with van der Waals surface area (Å²) in [5, 5.41) is 15.4. The second-order valence-corrected chi connectivity index (χ2v) is 4.59. The van der Waals surface area contributed by atoms with Crippen LogP contribution in [0.25, 0.3) is 0 Å². The van der Waals surface area contributed by atoms with Crippen LogP contribution in [0.5, 0.6) is 0 Å². The molecule has 0 saturated heterocycles. The average molecular weight is 264 g/mol. The minimum atomic E-state index is -0.0990. The molecule has 0 saturated carbocycles. The van der Waals surface area contributed by atoms with Gasteiger partial charge in [0.1, 0.15) is 5.84 Å². The Kier molecular flexibility index (Phi) is 6.92. The van der Waals surface area contributed by atoms with Crippen LogP contribution in [0, 0.1) is 0 Å². The van der Waals surface area contributed by atoms with E-state index in [9.17, 15) is 0 Å². The van der Waals surface area contributed by atoms with E-state index in [-0.39, 0.29) is 11.8 Å². The number of likely N-dealkylation sites (N-methyl/N-ethyl adjacent to an activating group) is 1. The third-order valence-electron chi connectivity index (χ3n) is 3.23. The van der Waals surface area contributed by atoms with Gasteiger partial charge in [0.05, 0.1) is 5.92 Å². The van der Waals surface area contributed by atoms with Crippen LogP contribution in [-0.4, -0.2) is 49.2 Å². The molecule has 0 fully saturated rings. The first kappa shape index (κ1) is 15.5. The van der Waals surface area contributed by atoms with E-state index in [1.54, 1.807) is 0 Å². The number of nitrogens with one attached hydrogen (secondary N) is 1. The molecule has 19 heavy (non-hydrogen) atoms. The molecule has 0 bridgehead atoms. The summed E-state index contributed by atoms with van der Waals surface area (Å²) in [6.45, 7) is 5.69. The van der Waals surface area contributed by atoms with Crippen molar-refractivity contribution < 1.29 is 5.21 Å². The second kappa shape index (κ2) is 8.50. The Morgan fingerprint density at radius 3 is 2.68 bits per heavy atom. The van der Waals surface area contributed by atoms with Crippen molar-refractivity contribution in [2.24, 2.45) is 10.9 Å². The third kappa shape index (κ3) is 5.28. The number of hydrogen-bond acceptors (Lipinski definition) is 4. The van der Waals surface area contributed by atoms with Crippen molar-refractivity contribution in [3.8, 4) is 0 Å². The van der Waals surface area contributed by atoms with Crippen LogP contribution in [-0.2, 0) is 0 Å². The number of nitrogens with two attached hydrogens (primary N) is 1. The number of benzene rings is 1. The molecule has 1 atom stereocenters. The van der Waals surface area contributed by atoms with Crippen LogP contribution in [0.2, 0.25) is 0 Å². The molecule has 1 rings (SSSR count). The summed E-state index contributed by atoms with van der Waals surface area (Å²) < 4.78 is 0. The molecule has 0 aliphatic carbocycles. The normalized spacial score (nSPS) is 13.7. The minimum Gasteiger partial charge on any atom is -0.409 e. The second-order valence-electron chi connectivity index (χ2n) is 4.59. The third-order valence-corrected chi connectivity index (χ3v) is 3.23. The van der Waals surface area contributed by atoms with E-state index in [1.165, 1.54) is 0 Å². The van der Waals surface area contributed by atoms with Crippen molar-refractivity contribution in [3.05, 3.63) is 35.9 Å². The van der Waals surface area contributed by atoms with E-state index in [2.05, 4.69) is 29.3 Å². The van der Waals surface area contributed by atoms with E-state index in [4.69, 9.17) is 10.9 Å². The zero-order chi connectivity index (χ0) is 14.1. The van der Waals surface area contributed by atoms with Gasteiger partial charge in [0, 0.05) is 19.6 Å². The lowest BCUT2D eigenvalue weighted by Crippen LogP contribution is -2.35. The predicted octanol–water partition coefficient (Wildman–Crippen LogP) is 1.06. The SMILES string of the molecule is CCN(C)CCNCC(C(N)=NO)c1ccccc1. The molecule has 0 amide bonds. The van der Waals surface area contributed by atoms with E-state index in [1.807, 2.05) is 30.3 Å². The molecular formula is C14H24N4O. The summed E-state index contributed by atoms with van der Waals surface area (Å²) >= 11 is 0. The van der Waals surface area contributed by atoms with Crippen LogP contribution in [0.1, 0.15) is 18.4 Å². The van der Waals surface area contributed by atoms with Gasteiger partial charge in [-0.1, -0.05) is 42.4 Å². The van der Waals surface area contributed by atoms with Gasteiger partial charge >= 0.3 is 0 Å². The molecule has 0 aliphatic heterocycles. The highest BCUT2D eigenvalue weighted by atomic mass is 16.4. The van der Waals surface area contributed by atoms with Gasteiger partial charge in [-0.2, -0.15) is 0 Å². The van der Waals surface area contributed by atoms with Gasteiger partial charge < -0.3 is 21.2 Å². The van der Waals surface area contributed by atoms with Crippen LogP contribution in [0.15, 0.2) is 35.5 Å². The molecule has 0 radical (unpaired) electrons. The molecule has 0 aromatic heterocycles. The number of oxime groups is 1. The highest BCUT2D eigenvalue weighted by Crippen LogP contribution is 2.14. The Bertz CT molecular complexity index is 380. The zero-order valence-corrected chi connectivity index (χ0v) is 11.7. The standard InChI is InChI=1S/C14H24N4O/c1-3-18(2)10-9-16-11-13(14(15)17-19)12-7-5-4-6-8-12/h4-8,13,16,19H,3,9-11H2,1-2H3,(H2,15,17). The largest absolute Gasteiger partial charge is 0.409 e. The van der Waals surface area contributed by atoms with Crippen molar-refractivity contribution in [1.82, 2.24) is 10.2 Å². The van der Waals surface area contributed by atoms with Crippen LogP contribution in [0.3, 0.4) is 0 Å². The van der Waals surface area contributed by atoms with Crippen LogP contribution in [0.4, 0.5) is 0 Å². The van der Waals surface area contributed by atoms with Crippen LogP contribution < -0.4 is 11.1 Å². The lowest BCUT2D eigenvalue weighted by atomic mass is 9.98. The van der Waals surface area contributed by atoms with E-state index < -0.39 is 0 Å². The van der Waals surface area contributed by atoms with Crippen LogP contribution >= 0.6 is 0 Å². The number of nitrogens with zero attached hydrogens (tertiary/aromatic N) is 2. The minimum absolute atomic E-state index is 0.0990. The highest BCUT2D eigenvalue weighted by Gasteiger charge is 2.15. The maximum atomic E-state index is 8.88. The van der Waals surface area contributed by atoms with Gasteiger partial charge in [-0.25, -0.2) is 0 Å². The number of amidine groups is 1. The first-order valence-electron chi connectivity index (χ1n) is 6.60. The summed E-state index contributed by atoms with van der Waals surface area (Å²) in [5.74, 6) is 0.140. The molecule has 4 N–H and O–H groups in total. The monoisotopic (exact) mass is 264 g/mol. The average Bonchev–Trinajstić information content (AvgIpc) is 2.47. The first-order valence-corrected chi connectivity index (χ1v) is 6.60. The Labute approximate surface area is 115 Å². The fourth-order valence-electron chi connectivity index (χ4n) is 1.82. The summed E-state index contributed by atoms with van der Waals surface area (Å²) in [6, 6.07) is 9.84. The fourth-order valence-corrected chi connectivity index (χ4v) is 1.82. The lowest BCUT2D eigenvalue weighted by Gasteiger charge is -2.18. The molecule has 0 heterocycles. The molecule has 0 spiro atoms. The van der Waals surface area contributed by atoms with E-state index in [0.717, 1.165) is 25.2 Å². The maximum absolute atomic E-state index is 8.88. The maximum Gasteiger partial charge on any atom is 0.147 e. The topological polar surface area (TPSA) is 73.9 Å². The van der Waals surface area contributed by atoms with Crippen molar-refractivity contribution >= 4 is 5.84 Å². The quantitative estimate of drug-likeness (QED) is 0.216. The van der Waals surface area contributed by atoms with Crippen molar-refractivity contribution in [3.63, 3.8) is 0 Å². The van der Waals surface area contributed by atoms with E-state index in [0.29, 0.717) is 6.54 Å². The predicted molar refractivity (Wildman–Crippen MR) is 78.6 cm³/mol. The molecule has 5 heteroatoms. The van der Waals surface area contributed by atoms with Crippen molar-refractivity contribution in [2.75, 3.05) is 33.2 Å². The summed E-state index contributed by atoms with van der Waals surface area (Å²) in [6.07, 6.45) is 0. The highest BCUT2D eigenvalue weighted by molar-refractivity contribution is 5.87.